The van der Waals surface area contributed by atoms with Crippen molar-refractivity contribution in [2.75, 3.05) is 38.2 Å². The summed E-state index contributed by atoms with van der Waals surface area (Å²) >= 11 is 0. The minimum atomic E-state index is -1.74. The zero-order chi connectivity index (χ0) is 78.6. The van der Waals surface area contributed by atoms with E-state index in [-0.39, 0.29) is 87.2 Å². The van der Waals surface area contributed by atoms with Gasteiger partial charge in [-0.25, -0.2) is 0 Å². The number of carbonyl (C=O) groups excluding carboxylic acids is 13. The van der Waals surface area contributed by atoms with E-state index in [1.54, 1.807) is 61.7 Å². The Labute approximate surface area is 630 Å². The van der Waals surface area contributed by atoms with E-state index in [1.165, 1.54) is 36.3 Å². The number of phenols is 1. The number of hydrogen-bond donors (Lipinski definition) is 19. The first kappa shape index (κ1) is 84.6. The van der Waals surface area contributed by atoms with Crippen molar-refractivity contribution in [1.29, 1.82) is 5.41 Å². The van der Waals surface area contributed by atoms with Gasteiger partial charge in [-0.15, -0.1) is 0 Å². The van der Waals surface area contributed by atoms with Crippen molar-refractivity contribution < 1.29 is 82.1 Å². The topological polar surface area (TPSA) is 568 Å². The number of carboxylic acid groups (broad SMARTS) is 1. The number of amides is 13. The summed E-state index contributed by atoms with van der Waals surface area (Å²) in [7, 11) is 3.20. The highest BCUT2D eigenvalue weighted by Crippen LogP contribution is 2.30. The average molecular weight is 1540 g/mol. The number of primary amides is 2. The number of nitrogens with two attached hydrogens (primary N) is 4. The Hall–Kier alpha value is -10.7. The number of phenolic OH excluding ortho intramolecular Hbond substituents is 1. The number of aromatic nitrogens is 1. The number of aromatic amines is 1. The van der Waals surface area contributed by atoms with E-state index in [0.717, 1.165) is 21.6 Å². The predicted molar refractivity (Wildman–Crippen MR) is 399 cm³/mol. The number of nitrogens with zero attached hydrogens (tertiary/aromatic N) is 1. The molecule has 3 aromatic carbocycles. The summed E-state index contributed by atoms with van der Waals surface area (Å²) in [4.78, 5) is 203. The largest absolute Gasteiger partial charge is 0.508 e. The van der Waals surface area contributed by atoms with Crippen LogP contribution in [-0.2, 0) is 86.4 Å². The van der Waals surface area contributed by atoms with Gasteiger partial charge in [0.15, 0.2) is 5.96 Å². The Bertz CT molecular complexity index is 3860. The molecule has 1 saturated carbocycles. The molecule has 35 nitrogen and oxygen atoms in total. The van der Waals surface area contributed by atoms with Crippen LogP contribution in [0.5, 0.6) is 11.5 Å². The van der Waals surface area contributed by atoms with E-state index in [2.05, 4.69) is 63.5 Å². The van der Waals surface area contributed by atoms with E-state index >= 15 is 14.4 Å². The molecule has 3 heterocycles. The molecule has 1 aliphatic carbocycles. The van der Waals surface area contributed by atoms with Crippen molar-refractivity contribution in [1.82, 2.24) is 68.4 Å². The Balaban J connectivity index is 1.28. The second-order valence-corrected chi connectivity index (χ2v) is 29.5. The van der Waals surface area contributed by atoms with Gasteiger partial charge in [-0.2, -0.15) is 0 Å². The molecule has 2 saturated heterocycles. The first-order chi connectivity index (χ1) is 51.5. The standard InChI is InChI=1S/C71H98N18O17S2/c1-38(72)31-58(93)89-30-8-14-55(89)69(104)84-50(32-39-15-19-43(90)20-16-39)66(101)87-54-37-108-107-36-53(61(74)96)86-64(99)49(24-26-59(94)95)82-67(102)52(34-42-35-79-46-12-6-5-11-45(42)46)83-63(98)48(23-25-56(73)91)80-57(92)27-29-77-62(97)47(13-7-28-78-71(75)76)81-65(100)51(33-40-17-21-44(106-2)22-18-40)85-70(105)60(88-68(54)103)41-9-3-4-10-41/h5-6,11-12,15-22,35,38,41,47-55,60,79,90H,3-4,7-10,13-14,23-34,36-37,72H2,1-2H3,(H2,73,91)(H2,74,96)(H,77,97)(H,80,92)(H,81,100)(H,82,102)(H,83,98)(H,84,104)(H,85,105)(H,86,99)(H,87,101)(H,88,103)(H,94,95)(H4,75,76,78)/t38-,47+,48+,49+,50+,51+,52+,53-,54+,55+,60+/m1/s1. The summed E-state index contributed by atoms with van der Waals surface area (Å²) in [6.07, 6.45) is 0.875. The highest BCUT2D eigenvalue weighted by atomic mass is 33.1. The number of aromatic hydroxyl groups is 1. The molecule has 0 bridgehead atoms. The molecule has 2 aliphatic heterocycles. The van der Waals surface area contributed by atoms with Gasteiger partial charge in [0.25, 0.3) is 0 Å². The average Bonchev–Trinajstić information content (AvgIpc) is 1.62. The molecule has 13 amide bonds. The minimum Gasteiger partial charge on any atom is -0.508 e. The van der Waals surface area contributed by atoms with Gasteiger partial charge in [0.2, 0.25) is 76.8 Å². The molecule has 37 heteroatoms. The van der Waals surface area contributed by atoms with E-state index in [4.69, 9.17) is 33.1 Å². The van der Waals surface area contributed by atoms with Crippen molar-refractivity contribution >= 4 is 121 Å². The fraction of sp³-hybridized carbons (Fsp3) is 0.507. The van der Waals surface area contributed by atoms with E-state index in [0.29, 0.717) is 65.4 Å². The van der Waals surface area contributed by atoms with Crippen molar-refractivity contribution in [3.63, 3.8) is 0 Å². The molecule has 0 radical (unpaired) electrons. The van der Waals surface area contributed by atoms with Crippen molar-refractivity contribution in [2.45, 2.75) is 183 Å². The molecule has 3 aliphatic rings. The molecular weight excluding hydrogens is 1440 g/mol. The van der Waals surface area contributed by atoms with Crippen LogP contribution in [0.15, 0.2) is 79.0 Å². The van der Waals surface area contributed by atoms with Gasteiger partial charge in [-0.3, -0.25) is 72.5 Å². The third-order valence-electron chi connectivity index (χ3n) is 18.5. The number of fused-ring (bicyclic) bond motifs is 1. The first-order valence-corrected chi connectivity index (χ1v) is 38.2. The van der Waals surface area contributed by atoms with E-state index in [9.17, 15) is 63.0 Å². The fourth-order valence-corrected chi connectivity index (χ4v) is 15.1. The smallest absolute Gasteiger partial charge is 0.303 e. The third kappa shape index (κ3) is 26.7. The monoisotopic (exact) mass is 1540 g/mol. The Morgan fingerprint density at radius 1 is 0.685 bits per heavy atom. The lowest BCUT2D eigenvalue weighted by atomic mass is 9.95. The molecule has 4 aromatic rings. The second-order valence-electron chi connectivity index (χ2n) is 26.9. The summed E-state index contributed by atoms with van der Waals surface area (Å²) in [5.41, 5.74) is 25.0. The van der Waals surface area contributed by atoms with Crippen molar-refractivity contribution in [3.8, 4) is 11.5 Å². The molecule has 0 spiro atoms. The Kier molecular flexibility index (Phi) is 32.9. The van der Waals surface area contributed by atoms with Gasteiger partial charge in [-0.05, 0) is 111 Å². The van der Waals surface area contributed by atoms with Crippen LogP contribution >= 0.6 is 21.6 Å². The number of rotatable bonds is 25. The zero-order valence-electron chi connectivity index (χ0n) is 60.1. The lowest BCUT2D eigenvalue weighted by molar-refractivity contribution is -0.140. The summed E-state index contributed by atoms with van der Waals surface area (Å²) in [5.74, 6) is -14.3. The van der Waals surface area contributed by atoms with E-state index in [1.807, 2.05) is 0 Å². The number of guanidine groups is 1. The molecule has 108 heavy (non-hydrogen) atoms. The number of likely N-dealkylation sites (tertiary alicyclic amines) is 1. The number of ether oxygens (including phenoxy) is 1. The number of carboxylic acids is 1. The van der Waals surface area contributed by atoms with E-state index < -0.39 is 188 Å². The molecule has 23 N–H and O–H groups in total. The lowest BCUT2D eigenvalue weighted by Gasteiger charge is -2.30. The van der Waals surface area contributed by atoms with Crippen LogP contribution in [-0.4, -0.2) is 214 Å². The predicted octanol–water partition coefficient (Wildman–Crippen LogP) is -2.03. The molecule has 1 aromatic heterocycles. The SMILES string of the molecule is COc1ccc(C[C@@H]2NC(=O)[C@H](C3CCCC3)NC(=O)[C@@H](NC(=O)[C@H](Cc3ccc(O)cc3)NC(=O)[C@@H]3CCCN3C(=O)C[C@@H](C)N)CSSC[C@H](C(N)=O)NC(=O)[C@H](CCC(=O)O)NC(=O)[C@H](Cc3c[nH]c4ccccc34)NC(=O)[C@H](CCC(N)=O)NC(=O)CCNC(=O)[C@H](CCCNC(=N)N)NC2=O)cc1. The maximum Gasteiger partial charge on any atom is 0.303 e. The number of nitrogens with one attached hydrogen (secondary N) is 13. The first-order valence-electron chi connectivity index (χ1n) is 35.7. The van der Waals surface area contributed by atoms with Gasteiger partial charge >= 0.3 is 5.97 Å². The van der Waals surface area contributed by atoms with Gasteiger partial charge in [0, 0.05) is 99.2 Å². The van der Waals surface area contributed by atoms with Gasteiger partial charge in [0.1, 0.15) is 71.9 Å². The zero-order valence-corrected chi connectivity index (χ0v) is 61.7. The number of carbonyl (C=O) groups is 14. The highest BCUT2D eigenvalue weighted by molar-refractivity contribution is 8.76. The number of methoxy groups -OCH3 is 1. The van der Waals surface area contributed by atoms with Crippen LogP contribution in [0, 0.1) is 11.3 Å². The summed E-state index contributed by atoms with van der Waals surface area (Å²) < 4.78 is 5.37. The highest BCUT2D eigenvalue weighted by Gasteiger charge is 2.41. The van der Waals surface area contributed by atoms with Crippen LogP contribution < -0.4 is 86.2 Å². The Morgan fingerprint density at radius 3 is 1.95 bits per heavy atom. The van der Waals surface area contributed by atoms with Crippen molar-refractivity contribution in [2.24, 2.45) is 28.9 Å². The molecule has 586 valence electrons. The maximum absolute atomic E-state index is 15.3. The summed E-state index contributed by atoms with van der Waals surface area (Å²) in [6.45, 7) is 1.51. The summed E-state index contributed by atoms with van der Waals surface area (Å²) in [6, 6.07) is 3.72. The molecule has 0 unspecified atom stereocenters. The molecule has 11 atom stereocenters. The Morgan fingerprint density at radius 2 is 1.30 bits per heavy atom. The minimum absolute atomic E-state index is 0.0581. The fourth-order valence-electron chi connectivity index (χ4n) is 12.8. The van der Waals surface area contributed by atoms with Gasteiger partial charge < -0.3 is 106 Å². The normalized spacial score (nSPS) is 22.9. The molecule has 7 rings (SSSR count). The lowest BCUT2D eigenvalue weighted by Crippen LogP contribution is -2.61. The van der Waals surface area contributed by atoms with Gasteiger partial charge in [-0.1, -0.05) is 76.9 Å². The summed E-state index contributed by atoms with van der Waals surface area (Å²) in [5, 5.41) is 57.7. The number of H-pyrrole nitrogens is 1. The van der Waals surface area contributed by atoms with Gasteiger partial charge in [0.05, 0.1) is 7.11 Å². The van der Waals surface area contributed by atoms with Crippen LogP contribution in [0.3, 0.4) is 0 Å². The number of hydrogen-bond acceptors (Lipinski definition) is 20. The quantitative estimate of drug-likeness (QED) is 0.0147. The van der Waals surface area contributed by atoms with Crippen LogP contribution in [0.4, 0.5) is 0 Å². The number of aliphatic carboxylic acids is 1. The van der Waals surface area contributed by atoms with Crippen LogP contribution in [0.1, 0.15) is 114 Å². The third-order valence-corrected chi connectivity index (χ3v) is 20.9. The van der Waals surface area contributed by atoms with Crippen LogP contribution in [0.25, 0.3) is 10.9 Å². The van der Waals surface area contributed by atoms with Crippen LogP contribution in [0.2, 0.25) is 0 Å². The second kappa shape index (κ2) is 42.0. The molecular formula is C71H98N18O17S2. The molecule has 3 fully saturated rings. The number of benzene rings is 3. The maximum atomic E-state index is 15.3. The van der Waals surface area contributed by atoms with Crippen molar-refractivity contribution in [3.05, 3.63) is 95.7 Å². The number of para-hydroxylation sites is 1.